The molecule has 0 aromatic carbocycles. The van der Waals surface area contributed by atoms with Gasteiger partial charge in [0, 0.05) is 6.54 Å². The van der Waals surface area contributed by atoms with Crippen molar-refractivity contribution < 1.29 is 4.79 Å². The second kappa shape index (κ2) is 6.74. The van der Waals surface area contributed by atoms with Gasteiger partial charge in [-0.2, -0.15) is 0 Å². The van der Waals surface area contributed by atoms with E-state index in [0.717, 1.165) is 32.0 Å². The molecule has 110 valence electrons. The van der Waals surface area contributed by atoms with Crippen LogP contribution in [0, 0.1) is 5.92 Å². The van der Waals surface area contributed by atoms with Crippen LogP contribution in [0.5, 0.6) is 0 Å². The predicted molar refractivity (Wildman–Crippen MR) is 78.8 cm³/mol. The molecule has 1 spiro atoms. The molecule has 1 saturated heterocycles. The van der Waals surface area contributed by atoms with Crippen LogP contribution in [0.25, 0.3) is 0 Å². The highest BCUT2D eigenvalue weighted by atomic mass is 16.2. The number of hydrogen-bond donors (Lipinski definition) is 1. The molecule has 3 nitrogen and oxygen atoms in total. The minimum atomic E-state index is -0.155. The molecule has 2 rings (SSSR count). The third-order valence-corrected chi connectivity index (χ3v) is 4.72. The van der Waals surface area contributed by atoms with Gasteiger partial charge in [0.25, 0.3) is 0 Å². The fraction of sp³-hybridized carbons (Fsp3) is 0.938. The zero-order valence-electron chi connectivity index (χ0n) is 12.7. The molecule has 2 aliphatic rings. The SMILES string of the molecule is CC(C)CCCCCCN1CNC2(CCCC2)C1=O. The fourth-order valence-corrected chi connectivity index (χ4v) is 3.46. The summed E-state index contributed by atoms with van der Waals surface area (Å²) in [5.41, 5.74) is -0.155. The average Bonchev–Trinajstić information content (AvgIpc) is 2.96. The Kier molecular flexibility index (Phi) is 5.26. The molecule has 2 fully saturated rings. The molecular weight excluding hydrogens is 236 g/mol. The Balaban J connectivity index is 1.61. The van der Waals surface area contributed by atoms with Crippen molar-refractivity contribution in [1.29, 1.82) is 0 Å². The molecule has 0 aromatic heterocycles. The lowest BCUT2D eigenvalue weighted by Gasteiger charge is -2.21. The summed E-state index contributed by atoms with van der Waals surface area (Å²) in [4.78, 5) is 14.5. The van der Waals surface area contributed by atoms with Crippen LogP contribution < -0.4 is 5.32 Å². The van der Waals surface area contributed by atoms with Crippen LogP contribution in [0.1, 0.15) is 71.6 Å². The number of amides is 1. The lowest BCUT2D eigenvalue weighted by molar-refractivity contribution is -0.132. The van der Waals surface area contributed by atoms with Gasteiger partial charge >= 0.3 is 0 Å². The Morgan fingerprint density at radius 2 is 1.84 bits per heavy atom. The second-order valence-corrected chi connectivity index (χ2v) is 6.79. The highest BCUT2D eigenvalue weighted by Gasteiger charge is 2.47. The van der Waals surface area contributed by atoms with Gasteiger partial charge in [0.1, 0.15) is 0 Å². The number of carbonyl (C=O) groups is 1. The van der Waals surface area contributed by atoms with E-state index in [4.69, 9.17) is 0 Å². The standard InChI is InChI=1S/C16H30N2O/c1-14(2)9-5-3-4-8-12-18-13-17-16(15(18)19)10-6-7-11-16/h14,17H,3-13H2,1-2H3. The van der Waals surface area contributed by atoms with Crippen LogP contribution in [0.2, 0.25) is 0 Å². The Morgan fingerprint density at radius 1 is 1.16 bits per heavy atom. The molecule has 1 N–H and O–H groups in total. The minimum absolute atomic E-state index is 0.155. The third-order valence-electron chi connectivity index (χ3n) is 4.72. The van der Waals surface area contributed by atoms with Gasteiger partial charge < -0.3 is 4.90 Å². The van der Waals surface area contributed by atoms with Gasteiger partial charge in [0.05, 0.1) is 12.2 Å². The van der Waals surface area contributed by atoms with E-state index in [2.05, 4.69) is 19.2 Å². The molecule has 0 unspecified atom stereocenters. The van der Waals surface area contributed by atoms with Crippen LogP contribution in [0.15, 0.2) is 0 Å². The Labute approximate surface area is 118 Å². The van der Waals surface area contributed by atoms with Gasteiger partial charge in [-0.05, 0) is 25.2 Å². The van der Waals surface area contributed by atoms with E-state index >= 15 is 0 Å². The predicted octanol–water partition coefficient (Wildman–Crippen LogP) is 3.30. The van der Waals surface area contributed by atoms with Crippen molar-refractivity contribution in [3.05, 3.63) is 0 Å². The second-order valence-electron chi connectivity index (χ2n) is 6.79. The average molecular weight is 266 g/mol. The molecular formula is C16H30N2O. The molecule has 0 bridgehead atoms. The zero-order valence-corrected chi connectivity index (χ0v) is 12.7. The number of nitrogens with zero attached hydrogens (tertiary/aromatic N) is 1. The van der Waals surface area contributed by atoms with Crippen LogP contribution in [0.3, 0.4) is 0 Å². The molecule has 0 radical (unpaired) electrons. The summed E-state index contributed by atoms with van der Waals surface area (Å²) in [6.07, 6.45) is 11.0. The molecule has 1 saturated carbocycles. The van der Waals surface area contributed by atoms with E-state index in [1.165, 1.54) is 44.9 Å². The monoisotopic (exact) mass is 266 g/mol. The first-order valence-electron chi connectivity index (χ1n) is 8.18. The molecule has 3 heteroatoms. The molecule has 19 heavy (non-hydrogen) atoms. The zero-order chi connectivity index (χ0) is 13.7. The number of rotatable bonds is 7. The largest absolute Gasteiger partial charge is 0.328 e. The molecule has 1 aliphatic heterocycles. The molecule has 0 aromatic rings. The van der Waals surface area contributed by atoms with E-state index in [1.807, 2.05) is 4.90 Å². The summed E-state index contributed by atoms with van der Waals surface area (Å²) in [5, 5.41) is 3.48. The van der Waals surface area contributed by atoms with Gasteiger partial charge in [-0.25, -0.2) is 0 Å². The maximum atomic E-state index is 12.4. The van der Waals surface area contributed by atoms with Crippen LogP contribution in [0.4, 0.5) is 0 Å². The Hall–Kier alpha value is -0.570. The van der Waals surface area contributed by atoms with Gasteiger partial charge in [-0.3, -0.25) is 10.1 Å². The molecule has 1 heterocycles. The summed E-state index contributed by atoms with van der Waals surface area (Å²) in [6.45, 7) is 6.31. The molecule has 0 atom stereocenters. The molecule has 1 amide bonds. The lowest BCUT2D eigenvalue weighted by atomic mass is 9.98. The first-order valence-corrected chi connectivity index (χ1v) is 8.18. The van der Waals surface area contributed by atoms with Gasteiger partial charge in [-0.1, -0.05) is 52.4 Å². The normalized spacial score (nSPS) is 22.1. The van der Waals surface area contributed by atoms with E-state index in [-0.39, 0.29) is 5.54 Å². The quantitative estimate of drug-likeness (QED) is 0.717. The Morgan fingerprint density at radius 3 is 2.53 bits per heavy atom. The van der Waals surface area contributed by atoms with Crippen LogP contribution in [-0.2, 0) is 4.79 Å². The van der Waals surface area contributed by atoms with Crippen molar-refractivity contribution in [2.75, 3.05) is 13.2 Å². The molecule has 1 aliphatic carbocycles. The smallest absolute Gasteiger partial charge is 0.243 e. The van der Waals surface area contributed by atoms with Crippen LogP contribution >= 0.6 is 0 Å². The first kappa shape index (κ1) is 14.8. The van der Waals surface area contributed by atoms with Crippen molar-refractivity contribution >= 4 is 5.91 Å². The van der Waals surface area contributed by atoms with E-state index in [9.17, 15) is 4.79 Å². The first-order chi connectivity index (χ1) is 9.14. The van der Waals surface area contributed by atoms with Gasteiger partial charge in [0.2, 0.25) is 5.91 Å². The number of carbonyl (C=O) groups excluding carboxylic acids is 1. The van der Waals surface area contributed by atoms with Crippen molar-refractivity contribution in [3.63, 3.8) is 0 Å². The maximum absolute atomic E-state index is 12.4. The van der Waals surface area contributed by atoms with E-state index in [1.54, 1.807) is 0 Å². The number of unbranched alkanes of at least 4 members (excludes halogenated alkanes) is 3. The van der Waals surface area contributed by atoms with Crippen molar-refractivity contribution in [1.82, 2.24) is 10.2 Å². The van der Waals surface area contributed by atoms with Gasteiger partial charge in [-0.15, -0.1) is 0 Å². The highest BCUT2D eigenvalue weighted by molar-refractivity contribution is 5.88. The summed E-state index contributed by atoms with van der Waals surface area (Å²) >= 11 is 0. The van der Waals surface area contributed by atoms with E-state index < -0.39 is 0 Å². The topological polar surface area (TPSA) is 32.3 Å². The van der Waals surface area contributed by atoms with Crippen LogP contribution in [-0.4, -0.2) is 29.6 Å². The van der Waals surface area contributed by atoms with Crippen molar-refractivity contribution in [3.8, 4) is 0 Å². The number of hydrogen-bond acceptors (Lipinski definition) is 2. The van der Waals surface area contributed by atoms with Crippen molar-refractivity contribution in [2.45, 2.75) is 77.2 Å². The third kappa shape index (κ3) is 3.71. The summed E-state index contributed by atoms with van der Waals surface area (Å²) in [7, 11) is 0. The number of nitrogens with one attached hydrogen (secondary N) is 1. The van der Waals surface area contributed by atoms with Gasteiger partial charge in [0.15, 0.2) is 0 Å². The fourth-order valence-electron chi connectivity index (χ4n) is 3.46. The lowest BCUT2D eigenvalue weighted by Crippen LogP contribution is -2.43. The maximum Gasteiger partial charge on any atom is 0.243 e. The van der Waals surface area contributed by atoms with Crippen molar-refractivity contribution in [2.24, 2.45) is 5.92 Å². The summed E-state index contributed by atoms with van der Waals surface area (Å²) < 4.78 is 0. The minimum Gasteiger partial charge on any atom is -0.328 e. The van der Waals surface area contributed by atoms with E-state index in [0.29, 0.717) is 5.91 Å². The summed E-state index contributed by atoms with van der Waals surface area (Å²) in [5.74, 6) is 1.21. The summed E-state index contributed by atoms with van der Waals surface area (Å²) in [6, 6.07) is 0. The highest BCUT2D eigenvalue weighted by Crippen LogP contribution is 2.34. The Bertz CT molecular complexity index is 295.